The highest BCUT2D eigenvalue weighted by atomic mass is 32.2. The van der Waals surface area contributed by atoms with Crippen LogP contribution in [0.15, 0.2) is 47.9 Å². The van der Waals surface area contributed by atoms with Gasteiger partial charge in [-0.15, -0.1) is 11.8 Å². The van der Waals surface area contributed by atoms with Gasteiger partial charge in [0.05, 0.1) is 11.6 Å². The first-order chi connectivity index (χ1) is 7.88. The number of nitrogens with zero attached hydrogens (tertiary/aromatic N) is 2. The average molecular weight is 232 g/mol. The number of hydrogen-bond acceptors (Lipinski definition) is 4. The molecule has 0 radical (unpaired) electrons. The third kappa shape index (κ3) is 3.05. The molecule has 0 atom stereocenters. The number of rotatable bonds is 4. The molecular weight excluding hydrogens is 220 g/mol. The van der Waals surface area contributed by atoms with Crippen molar-refractivity contribution in [3.05, 3.63) is 54.0 Å². The minimum atomic E-state index is 0.0966. The lowest BCUT2D eigenvalue weighted by molar-refractivity contribution is 0.282. The minimum absolute atomic E-state index is 0.0966. The molecule has 1 heterocycles. The van der Waals surface area contributed by atoms with Crippen LogP contribution in [0.3, 0.4) is 0 Å². The van der Waals surface area contributed by atoms with E-state index in [0.717, 1.165) is 16.3 Å². The summed E-state index contributed by atoms with van der Waals surface area (Å²) in [6.45, 7) is 0.0966. The molecule has 2 aromatic rings. The molecule has 0 aliphatic carbocycles. The van der Waals surface area contributed by atoms with Crippen LogP contribution < -0.4 is 0 Å². The maximum Gasteiger partial charge on any atom is 0.116 e. The quantitative estimate of drug-likeness (QED) is 0.649. The Kier molecular flexibility index (Phi) is 3.91. The lowest BCUT2D eigenvalue weighted by atomic mass is 10.2. The summed E-state index contributed by atoms with van der Waals surface area (Å²) in [5.41, 5.74) is 2.16. The summed E-state index contributed by atoms with van der Waals surface area (Å²) in [6, 6.07) is 9.83. The second kappa shape index (κ2) is 5.63. The largest absolute Gasteiger partial charge is 0.392 e. The summed E-state index contributed by atoms with van der Waals surface area (Å²) < 4.78 is 0. The number of aromatic nitrogens is 2. The zero-order valence-corrected chi connectivity index (χ0v) is 9.52. The van der Waals surface area contributed by atoms with Gasteiger partial charge in [-0.3, -0.25) is 0 Å². The summed E-state index contributed by atoms with van der Waals surface area (Å²) in [7, 11) is 0. The molecule has 0 aliphatic heterocycles. The Balaban J connectivity index is 1.94. The number of hydrogen-bond donors (Lipinski definition) is 1. The number of thioether (sulfide) groups is 1. The van der Waals surface area contributed by atoms with Crippen molar-refractivity contribution in [3.8, 4) is 0 Å². The first kappa shape index (κ1) is 11.1. The van der Waals surface area contributed by atoms with Crippen LogP contribution in [0.2, 0.25) is 0 Å². The smallest absolute Gasteiger partial charge is 0.116 e. The molecule has 0 unspecified atom stereocenters. The van der Waals surface area contributed by atoms with Gasteiger partial charge in [0.25, 0.3) is 0 Å². The van der Waals surface area contributed by atoms with Crippen molar-refractivity contribution in [2.75, 3.05) is 0 Å². The molecule has 4 heteroatoms. The second-order valence-electron chi connectivity index (χ2n) is 3.31. The maximum absolute atomic E-state index is 8.91. The van der Waals surface area contributed by atoms with Gasteiger partial charge in [-0.05, 0) is 17.2 Å². The number of aliphatic hydroxyl groups is 1. The Labute approximate surface area is 98.6 Å². The normalized spacial score (nSPS) is 10.3. The fraction of sp³-hybridized carbons (Fsp3) is 0.167. The fourth-order valence-corrected chi connectivity index (χ4v) is 2.05. The van der Waals surface area contributed by atoms with Crippen LogP contribution in [0.25, 0.3) is 0 Å². The zero-order valence-electron chi connectivity index (χ0n) is 8.71. The number of aliphatic hydroxyl groups excluding tert-OH is 1. The van der Waals surface area contributed by atoms with E-state index in [1.165, 1.54) is 5.56 Å². The molecule has 0 spiro atoms. The van der Waals surface area contributed by atoms with Gasteiger partial charge in [0, 0.05) is 11.9 Å². The molecule has 1 N–H and O–H groups in total. The van der Waals surface area contributed by atoms with Gasteiger partial charge in [0.1, 0.15) is 6.33 Å². The fourth-order valence-electron chi connectivity index (χ4n) is 1.26. The number of benzene rings is 1. The summed E-state index contributed by atoms with van der Waals surface area (Å²) in [4.78, 5) is 8.01. The van der Waals surface area contributed by atoms with Crippen molar-refractivity contribution in [2.24, 2.45) is 0 Å². The molecule has 0 fully saturated rings. The van der Waals surface area contributed by atoms with Crippen LogP contribution in [0, 0.1) is 0 Å². The van der Waals surface area contributed by atoms with E-state index in [2.05, 4.69) is 9.97 Å². The van der Waals surface area contributed by atoms with E-state index in [0.29, 0.717) is 0 Å². The highest BCUT2D eigenvalue weighted by Gasteiger charge is 1.97. The van der Waals surface area contributed by atoms with E-state index in [1.54, 1.807) is 24.3 Å². The maximum atomic E-state index is 8.91. The molecule has 2 rings (SSSR count). The Morgan fingerprint density at radius 1 is 1.06 bits per heavy atom. The van der Waals surface area contributed by atoms with Crippen molar-refractivity contribution < 1.29 is 5.11 Å². The van der Waals surface area contributed by atoms with Crippen LogP contribution >= 0.6 is 11.8 Å². The van der Waals surface area contributed by atoms with Gasteiger partial charge in [0.2, 0.25) is 0 Å². The highest BCUT2D eigenvalue weighted by Crippen LogP contribution is 2.19. The Morgan fingerprint density at radius 3 is 2.44 bits per heavy atom. The van der Waals surface area contributed by atoms with Crippen LogP contribution in [0.1, 0.15) is 11.1 Å². The SMILES string of the molecule is OCc1ccc(CSc2ccncn2)cc1. The van der Waals surface area contributed by atoms with E-state index >= 15 is 0 Å². The lowest BCUT2D eigenvalue weighted by Gasteiger charge is -2.02. The first-order valence-corrected chi connectivity index (χ1v) is 5.94. The predicted octanol–water partition coefficient (Wildman–Crippen LogP) is 2.26. The lowest BCUT2D eigenvalue weighted by Crippen LogP contribution is -1.86. The van der Waals surface area contributed by atoms with E-state index in [4.69, 9.17) is 5.11 Å². The first-order valence-electron chi connectivity index (χ1n) is 4.96. The molecule has 3 nitrogen and oxygen atoms in total. The molecule has 0 aliphatic rings. The van der Waals surface area contributed by atoms with Crippen molar-refractivity contribution in [3.63, 3.8) is 0 Å². The molecule has 1 aromatic carbocycles. The van der Waals surface area contributed by atoms with Gasteiger partial charge in [-0.2, -0.15) is 0 Å². The summed E-state index contributed by atoms with van der Waals surface area (Å²) in [5, 5.41) is 9.89. The summed E-state index contributed by atoms with van der Waals surface area (Å²) >= 11 is 1.67. The third-order valence-electron chi connectivity index (χ3n) is 2.15. The topological polar surface area (TPSA) is 46.0 Å². The highest BCUT2D eigenvalue weighted by molar-refractivity contribution is 7.98. The standard InChI is InChI=1S/C12H12N2OS/c15-7-10-1-3-11(4-2-10)8-16-12-5-6-13-9-14-12/h1-6,9,15H,7-8H2. The van der Waals surface area contributed by atoms with E-state index in [9.17, 15) is 0 Å². The van der Waals surface area contributed by atoms with Crippen molar-refractivity contribution in [1.82, 2.24) is 9.97 Å². The summed E-state index contributed by atoms with van der Waals surface area (Å²) in [5.74, 6) is 0.878. The molecule has 82 valence electrons. The van der Waals surface area contributed by atoms with Crippen molar-refractivity contribution in [2.45, 2.75) is 17.4 Å². The minimum Gasteiger partial charge on any atom is -0.392 e. The van der Waals surface area contributed by atoms with Gasteiger partial charge < -0.3 is 5.11 Å². The molecule has 0 saturated heterocycles. The predicted molar refractivity (Wildman–Crippen MR) is 64.0 cm³/mol. The zero-order chi connectivity index (χ0) is 11.2. The molecular formula is C12H12N2OS. The van der Waals surface area contributed by atoms with E-state index in [-0.39, 0.29) is 6.61 Å². The van der Waals surface area contributed by atoms with Crippen LogP contribution in [-0.4, -0.2) is 15.1 Å². The third-order valence-corrected chi connectivity index (χ3v) is 3.16. The van der Waals surface area contributed by atoms with Crippen LogP contribution in [0.4, 0.5) is 0 Å². The second-order valence-corrected chi connectivity index (χ2v) is 4.31. The van der Waals surface area contributed by atoms with Gasteiger partial charge in [-0.1, -0.05) is 24.3 Å². The monoisotopic (exact) mass is 232 g/mol. The van der Waals surface area contributed by atoms with Crippen molar-refractivity contribution in [1.29, 1.82) is 0 Å². The Hall–Kier alpha value is -1.39. The van der Waals surface area contributed by atoms with Crippen molar-refractivity contribution >= 4 is 11.8 Å². The van der Waals surface area contributed by atoms with Gasteiger partial charge >= 0.3 is 0 Å². The summed E-state index contributed by atoms with van der Waals surface area (Å²) in [6.07, 6.45) is 3.29. The van der Waals surface area contributed by atoms with Gasteiger partial charge in [0.15, 0.2) is 0 Å². The Bertz CT molecular complexity index is 431. The molecule has 16 heavy (non-hydrogen) atoms. The van der Waals surface area contributed by atoms with E-state index in [1.807, 2.05) is 30.3 Å². The molecule has 0 bridgehead atoms. The Morgan fingerprint density at radius 2 is 1.81 bits per heavy atom. The molecule has 0 saturated carbocycles. The van der Waals surface area contributed by atoms with Crippen LogP contribution in [-0.2, 0) is 12.4 Å². The molecule has 1 aromatic heterocycles. The average Bonchev–Trinajstić information content (AvgIpc) is 2.38. The van der Waals surface area contributed by atoms with Crippen LogP contribution in [0.5, 0.6) is 0 Å². The van der Waals surface area contributed by atoms with E-state index < -0.39 is 0 Å². The molecule has 0 amide bonds. The van der Waals surface area contributed by atoms with Gasteiger partial charge in [-0.25, -0.2) is 9.97 Å².